The second-order valence-electron chi connectivity index (χ2n) is 5.57. The lowest BCUT2D eigenvalue weighted by Gasteiger charge is -2.16. The van der Waals surface area contributed by atoms with Crippen molar-refractivity contribution in [3.8, 4) is 0 Å². The van der Waals surface area contributed by atoms with Crippen LogP contribution in [0.3, 0.4) is 0 Å². The molecule has 2 aliphatic carbocycles. The van der Waals surface area contributed by atoms with Crippen LogP contribution >= 0.6 is 11.6 Å². The minimum Gasteiger partial charge on any atom is -0.370 e. The molecular formula is C14H20ClN3. The zero-order valence-electron chi connectivity index (χ0n) is 10.8. The molecule has 3 nitrogen and oxygen atoms in total. The van der Waals surface area contributed by atoms with Gasteiger partial charge in [0.2, 0.25) is 0 Å². The number of aryl methyl sites for hydroxylation is 1. The standard InChI is InChI=1S/C14H20ClN3/c1-2-13-17-12(15)7-14(18-13)16-8-11(9-3-4-9)10-5-6-10/h7,9-11H,2-6,8H2,1H3,(H,16,17,18). The van der Waals surface area contributed by atoms with E-state index in [1.54, 1.807) is 0 Å². The molecule has 0 radical (unpaired) electrons. The second-order valence-corrected chi connectivity index (χ2v) is 5.95. The minimum atomic E-state index is 0.541. The summed E-state index contributed by atoms with van der Waals surface area (Å²) in [5.74, 6) is 4.49. The highest BCUT2D eigenvalue weighted by molar-refractivity contribution is 6.29. The summed E-state index contributed by atoms with van der Waals surface area (Å²) < 4.78 is 0. The molecule has 0 unspecified atom stereocenters. The lowest BCUT2D eigenvalue weighted by atomic mass is 9.98. The van der Waals surface area contributed by atoms with Gasteiger partial charge in [-0.15, -0.1) is 0 Å². The molecule has 0 atom stereocenters. The summed E-state index contributed by atoms with van der Waals surface area (Å²) in [7, 11) is 0. The maximum Gasteiger partial charge on any atom is 0.134 e. The number of hydrogen-bond donors (Lipinski definition) is 1. The van der Waals surface area contributed by atoms with E-state index < -0.39 is 0 Å². The van der Waals surface area contributed by atoms with Gasteiger partial charge in [0.1, 0.15) is 16.8 Å². The van der Waals surface area contributed by atoms with Crippen molar-refractivity contribution < 1.29 is 0 Å². The van der Waals surface area contributed by atoms with Crippen molar-refractivity contribution in [1.29, 1.82) is 0 Å². The van der Waals surface area contributed by atoms with Gasteiger partial charge in [0.25, 0.3) is 0 Å². The fourth-order valence-electron chi connectivity index (χ4n) is 2.70. The zero-order chi connectivity index (χ0) is 12.5. The topological polar surface area (TPSA) is 37.8 Å². The molecule has 0 saturated heterocycles. The first kappa shape index (κ1) is 12.2. The summed E-state index contributed by atoms with van der Waals surface area (Å²) in [4.78, 5) is 8.67. The van der Waals surface area contributed by atoms with Gasteiger partial charge in [-0.25, -0.2) is 9.97 Å². The molecule has 2 aliphatic rings. The Balaban J connectivity index is 1.62. The zero-order valence-corrected chi connectivity index (χ0v) is 11.6. The SMILES string of the molecule is CCc1nc(Cl)cc(NCC(C2CC2)C2CC2)n1. The maximum atomic E-state index is 6.00. The lowest BCUT2D eigenvalue weighted by molar-refractivity contribution is 0.427. The smallest absolute Gasteiger partial charge is 0.134 e. The van der Waals surface area contributed by atoms with Gasteiger partial charge in [-0.05, 0) is 43.4 Å². The third-order valence-corrected chi connectivity index (χ3v) is 4.22. The van der Waals surface area contributed by atoms with Gasteiger partial charge in [0, 0.05) is 19.0 Å². The Morgan fingerprint density at radius 3 is 2.50 bits per heavy atom. The predicted molar refractivity (Wildman–Crippen MR) is 73.8 cm³/mol. The fourth-order valence-corrected chi connectivity index (χ4v) is 2.90. The van der Waals surface area contributed by atoms with Crippen LogP contribution in [-0.4, -0.2) is 16.5 Å². The van der Waals surface area contributed by atoms with Crippen molar-refractivity contribution in [2.75, 3.05) is 11.9 Å². The van der Waals surface area contributed by atoms with Crippen molar-refractivity contribution in [2.45, 2.75) is 39.0 Å². The summed E-state index contributed by atoms with van der Waals surface area (Å²) in [6.45, 7) is 3.10. The highest BCUT2D eigenvalue weighted by Gasteiger charge is 2.41. The average molecular weight is 266 g/mol. The van der Waals surface area contributed by atoms with Gasteiger partial charge in [-0.3, -0.25) is 0 Å². The van der Waals surface area contributed by atoms with Crippen LogP contribution in [0.5, 0.6) is 0 Å². The lowest BCUT2D eigenvalue weighted by Crippen LogP contribution is -2.19. The summed E-state index contributed by atoms with van der Waals surface area (Å²) in [5, 5.41) is 4.01. The van der Waals surface area contributed by atoms with E-state index in [2.05, 4.69) is 15.3 Å². The van der Waals surface area contributed by atoms with Crippen molar-refractivity contribution in [1.82, 2.24) is 9.97 Å². The molecule has 1 aromatic rings. The molecule has 0 aromatic carbocycles. The van der Waals surface area contributed by atoms with Crippen LogP contribution in [0, 0.1) is 17.8 Å². The number of hydrogen-bond acceptors (Lipinski definition) is 3. The van der Waals surface area contributed by atoms with E-state index in [-0.39, 0.29) is 0 Å². The average Bonchev–Trinajstić information content (AvgIpc) is 3.22. The van der Waals surface area contributed by atoms with Gasteiger partial charge in [0.15, 0.2) is 0 Å². The van der Waals surface area contributed by atoms with E-state index in [1.807, 2.05) is 13.0 Å². The third kappa shape index (κ3) is 2.94. The van der Waals surface area contributed by atoms with E-state index in [9.17, 15) is 0 Å². The first-order valence-electron chi connectivity index (χ1n) is 7.03. The van der Waals surface area contributed by atoms with Gasteiger partial charge in [-0.1, -0.05) is 18.5 Å². The van der Waals surface area contributed by atoms with E-state index in [0.717, 1.165) is 42.4 Å². The molecular weight excluding hydrogens is 246 g/mol. The van der Waals surface area contributed by atoms with Crippen LogP contribution in [0.15, 0.2) is 6.07 Å². The summed E-state index contributed by atoms with van der Waals surface area (Å²) >= 11 is 6.00. The Bertz CT molecular complexity index is 415. The number of aromatic nitrogens is 2. The van der Waals surface area contributed by atoms with Gasteiger partial charge in [-0.2, -0.15) is 0 Å². The number of nitrogens with zero attached hydrogens (tertiary/aromatic N) is 2. The Morgan fingerprint density at radius 2 is 1.94 bits per heavy atom. The van der Waals surface area contributed by atoms with Gasteiger partial charge < -0.3 is 5.32 Å². The molecule has 1 N–H and O–H groups in total. The summed E-state index contributed by atoms with van der Waals surface area (Å²) in [5.41, 5.74) is 0. The molecule has 0 spiro atoms. The van der Waals surface area contributed by atoms with E-state index in [0.29, 0.717) is 5.15 Å². The second kappa shape index (κ2) is 5.04. The molecule has 1 heterocycles. The summed E-state index contributed by atoms with van der Waals surface area (Å²) in [6.07, 6.45) is 6.52. The van der Waals surface area contributed by atoms with Crippen molar-refractivity contribution in [3.05, 3.63) is 17.0 Å². The quantitative estimate of drug-likeness (QED) is 0.800. The Kier molecular flexibility index (Phi) is 3.42. The van der Waals surface area contributed by atoms with E-state index in [4.69, 9.17) is 11.6 Å². The normalized spacial score (nSPS) is 19.3. The minimum absolute atomic E-state index is 0.541. The van der Waals surface area contributed by atoms with E-state index >= 15 is 0 Å². The van der Waals surface area contributed by atoms with Crippen molar-refractivity contribution in [2.24, 2.45) is 17.8 Å². The molecule has 98 valence electrons. The van der Waals surface area contributed by atoms with Crippen LogP contribution in [0.25, 0.3) is 0 Å². The number of halogens is 1. The molecule has 1 aromatic heterocycles. The molecule has 0 aliphatic heterocycles. The largest absolute Gasteiger partial charge is 0.370 e. The molecule has 2 saturated carbocycles. The van der Waals surface area contributed by atoms with Crippen LogP contribution in [0.2, 0.25) is 5.15 Å². The molecule has 2 fully saturated rings. The number of rotatable bonds is 6. The Morgan fingerprint density at radius 1 is 1.28 bits per heavy atom. The molecule has 18 heavy (non-hydrogen) atoms. The van der Waals surface area contributed by atoms with Crippen LogP contribution < -0.4 is 5.32 Å². The van der Waals surface area contributed by atoms with Crippen LogP contribution in [0.4, 0.5) is 5.82 Å². The molecule has 0 bridgehead atoms. The maximum absolute atomic E-state index is 6.00. The highest BCUT2D eigenvalue weighted by Crippen LogP contribution is 2.49. The highest BCUT2D eigenvalue weighted by atomic mass is 35.5. The number of anilines is 1. The first-order chi connectivity index (χ1) is 8.76. The fraction of sp³-hybridized carbons (Fsp3) is 0.714. The van der Waals surface area contributed by atoms with Gasteiger partial charge >= 0.3 is 0 Å². The van der Waals surface area contributed by atoms with Crippen LogP contribution in [0.1, 0.15) is 38.4 Å². The molecule has 4 heteroatoms. The van der Waals surface area contributed by atoms with Gasteiger partial charge in [0.05, 0.1) is 0 Å². The van der Waals surface area contributed by atoms with Crippen LogP contribution in [-0.2, 0) is 6.42 Å². The third-order valence-electron chi connectivity index (χ3n) is 4.03. The first-order valence-corrected chi connectivity index (χ1v) is 7.41. The molecule has 3 rings (SSSR count). The van der Waals surface area contributed by atoms with E-state index in [1.165, 1.54) is 25.7 Å². The monoisotopic (exact) mass is 265 g/mol. The van der Waals surface area contributed by atoms with Crippen molar-refractivity contribution in [3.63, 3.8) is 0 Å². The number of nitrogens with one attached hydrogen (secondary N) is 1. The Labute approximate surface area is 113 Å². The summed E-state index contributed by atoms with van der Waals surface area (Å²) in [6, 6.07) is 1.83. The Hall–Kier alpha value is -0.830. The van der Waals surface area contributed by atoms with Crippen molar-refractivity contribution >= 4 is 17.4 Å². The molecule has 0 amide bonds. The predicted octanol–water partition coefficient (Wildman–Crippen LogP) is 3.54.